The van der Waals surface area contributed by atoms with E-state index in [0.29, 0.717) is 5.69 Å². The molecule has 0 bridgehead atoms. The summed E-state index contributed by atoms with van der Waals surface area (Å²) in [5.74, 6) is -2.53. The van der Waals surface area contributed by atoms with Gasteiger partial charge in [0.1, 0.15) is 0 Å². The van der Waals surface area contributed by atoms with Gasteiger partial charge in [0.2, 0.25) is 0 Å². The van der Waals surface area contributed by atoms with E-state index in [-0.39, 0.29) is 5.56 Å². The molecule has 0 aliphatic rings. The summed E-state index contributed by atoms with van der Waals surface area (Å²) in [5.41, 5.74) is 2.63. The van der Waals surface area contributed by atoms with Gasteiger partial charge in [0.15, 0.2) is 11.6 Å². The molecule has 0 aliphatic carbocycles. The van der Waals surface area contributed by atoms with Crippen LogP contribution in [-0.4, -0.2) is 13.0 Å². The van der Waals surface area contributed by atoms with Gasteiger partial charge in [0, 0.05) is 29.7 Å². The Morgan fingerprint density at radius 3 is 2.12 bits per heavy atom. The van der Waals surface area contributed by atoms with Crippen molar-refractivity contribution in [3.63, 3.8) is 0 Å². The Balaban J connectivity index is 1.72. The number of nitrogens with zero attached hydrogens (tertiary/aromatic N) is 1. The van der Waals surface area contributed by atoms with Crippen molar-refractivity contribution in [2.75, 3.05) is 17.3 Å². The molecule has 126 valence electrons. The van der Waals surface area contributed by atoms with Crippen LogP contribution in [0.5, 0.6) is 0 Å². The van der Waals surface area contributed by atoms with Crippen LogP contribution < -0.4 is 10.2 Å². The lowest BCUT2D eigenvalue weighted by Crippen LogP contribution is -2.13. The van der Waals surface area contributed by atoms with Gasteiger partial charge in [0.25, 0.3) is 5.91 Å². The summed E-state index contributed by atoms with van der Waals surface area (Å²) in [6.07, 6.45) is 0. The standard InChI is InChI=1S/C20H16F2N2O/c1-24(16-5-3-2-4-6-16)17-10-8-15(9-11-17)23-20(25)14-7-12-18(21)19(22)13-14/h2-13H,1H3,(H,23,25). The lowest BCUT2D eigenvalue weighted by Gasteiger charge is -2.19. The molecule has 25 heavy (non-hydrogen) atoms. The van der Waals surface area contributed by atoms with Crippen molar-refractivity contribution in [3.05, 3.63) is 90.0 Å². The zero-order valence-electron chi connectivity index (χ0n) is 13.5. The Morgan fingerprint density at radius 1 is 0.840 bits per heavy atom. The second kappa shape index (κ2) is 7.13. The van der Waals surface area contributed by atoms with E-state index in [9.17, 15) is 13.6 Å². The van der Waals surface area contributed by atoms with E-state index in [0.717, 1.165) is 23.5 Å². The first-order chi connectivity index (χ1) is 12.0. The highest BCUT2D eigenvalue weighted by Crippen LogP contribution is 2.24. The molecule has 0 unspecified atom stereocenters. The monoisotopic (exact) mass is 338 g/mol. The molecule has 3 aromatic rings. The minimum Gasteiger partial charge on any atom is -0.345 e. The van der Waals surface area contributed by atoms with Crippen molar-refractivity contribution in [2.24, 2.45) is 0 Å². The number of hydrogen-bond donors (Lipinski definition) is 1. The minimum atomic E-state index is -1.05. The van der Waals surface area contributed by atoms with Gasteiger partial charge in [-0.05, 0) is 54.6 Å². The topological polar surface area (TPSA) is 32.3 Å². The van der Waals surface area contributed by atoms with Gasteiger partial charge in [-0.15, -0.1) is 0 Å². The molecular weight excluding hydrogens is 322 g/mol. The maximum absolute atomic E-state index is 13.2. The third-order valence-corrected chi connectivity index (χ3v) is 3.84. The van der Waals surface area contributed by atoms with Gasteiger partial charge in [-0.1, -0.05) is 18.2 Å². The molecule has 0 aliphatic heterocycles. The molecule has 0 atom stereocenters. The van der Waals surface area contributed by atoms with Gasteiger partial charge in [0.05, 0.1) is 0 Å². The molecule has 0 radical (unpaired) electrons. The van der Waals surface area contributed by atoms with E-state index >= 15 is 0 Å². The van der Waals surface area contributed by atoms with Crippen molar-refractivity contribution < 1.29 is 13.6 Å². The number of nitrogens with one attached hydrogen (secondary N) is 1. The highest BCUT2D eigenvalue weighted by Gasteiger charge is 2.10. The number of amides is 1. The first-order valence-electron chi connectivity index (χ1n) is 7.70. The van der Waals surface area contributed by atoms with Crippen LogP contribution in [0, 0.1) is 11.6 Å². The predicted molar refractivity (Wildman–Crippen MR) is 95.3 cm³/mol. The Hall–Kier alpha value is -3.21. The third kappa shape index (κ3) is 3.83. The lowest BCUT2D eigenvalue weighted by molar-refractivity contribution is 0.102. The van der Waals surface area contributed by atoms with Crippen LogP contribution in [0.25, 0.3) is 0 Å². The van der Waals surface area contributed by atoms with Crippen molar-refractivity contribution in [3.8, 4) is 0 Å². The van der Waals surface area contributed by atoms with Gasteiger partial charge in [-0.3, -0.25) is 4.79 Å². The summed E-state index contributed by atoms with van der Waals surface area (Å²) in [6, 6.07) is 20.2. The fourth-order valence-corrected chi connectivity index (χ4v) is 2.41. The molecule has 0 fully saturated rings. The van der Waals surface area contributed by atoms with Crippen LogP contribution in [-0.2, 0) is 0 Å². The van der Waals surface area contributed by atoms with Crippen LogP contribution in [0.4, 0.5) is 25.8 Å². The third-order valence-electron chi connectivity index (χ3n) is 3.84. The predicted octanol–water partition coefficient (Wildman–Crippen LogP) is 4.99. The second-order valence-electron chi connectivity index (χ2n) is 5.52. The fraction of sp³-hybridized carbons (Fsp3) is 0.0500. The molecule has 3 aromatic carbocycles. The zero-order chi connectivity index (χ0) is 17.8. The molecule has 0 heterocycles. The molecular formula is C20H16F2N2O. The van der Waals surface area contributed by atoms with Crippen molar-refractivity contribution in [1.29, 1.82) is 0 Å². The van der Waals surface area contributed by atoms with Crippen LogP contribution in [0.2, 0.25) is 0 Å². The Bertz CT molecular complexity index is 880. The Labute approximate surface area is 144 Å². The van der Waals surface area contributed by atoms with Gasteiger partial charge in [-0.2, -0.15) is 0 Å². The highest BCUT2D eigenvalue weighted by molar-refractivity contribution is 6.04. The second-order valence-corrected chi connectivity index (χ2v) is 5.52. The van der Waals surface area contributed by atoms with Gasteiger partial charge >= 0.3 is 0 Å². The smallest absolute Gasteiger partial charge is 0.255 e. The van der Waals surface area contributed by atoms with Gasteiger partial charge in [-0.25, -0.2) is 8.78 Å². The van der Waals surface area contributed by atoms with Gasteiger partial charge < -0.3 is 10.2 Å². The number of hydrogen-bond acceptors (Lipinski definition) is 2. The Kier molecular flexibility index (Phi) is 4.75. The van der Waals surface area contributed by atoms with Crippen molar-refractivity contribution in [1.82, 2.24) is 0 Å². The van der Waals surface area contributed by atoms with E-state index in [1.165, 1.54) is 6.07 Å². The summed E-state index contributed by atoms with van der Waals surface area (Å²) >= 11 is 0. The highest BCUT2D eigenvalue weighted by atomic mass is 19.2. The molecule has 0 spiro atoms. The lowest BCUT2D eigenvalue weighted by atomic mass is 10.2. The summed E-state index contributed by atoms with van der Waals surface area (Å²) in [4.78, 5) is 14.1. The summed E-state index contributed by atoms with van der Waals surface area (Å²) in [6.45, 7) is 0. The number of carbonyl (C=O) groups is 1. The molecule has 1 amide bonds. The number of para-hydroxylation sites is 1. The first kappa shape index (κ1) is 16.6. The quantitative estimate of drug-likeness (QED) is 0.727. The van der Waals surface area contributed by atoms with Crippen LogP contribution >= 0.6 is 0 Å². The maximum atomic E-state index is 13.2. The molecule has 0 saturated heterocycles. The number of carbonyl (C=O) groups excluding carboxylic acids is 1. The van der Waals surface area contributed by atoms with Crippen molar-refractivity contribution >= 4 is 23.0 Å². The van der Waals surface area contributed by atoms with E-state index < -0.39 is 17.5 Å². The minimum absolute atomic E-state index is 0.0596. The number of benzene rings is 3. The van der Waals surface area contributed by atoms with E-state index in [1.807, 2.05) is 54.4 Å². The van der Waals surface area contributed by atoms with Crippen LogP contribution in [0.15, 0.2) is 72.8 Å². The number of rotatable bonds is 4. The van der Waals surface area contributed by atoms with Crippen molar-refractivity contribution in [2.45, 2.75) is 0 Å². The maximum Gasteiger partial charge on any atom is 0.255 e. The molecule has 0 saturated carbocycles. The fourth-order valence-electron chi connectivity index (χ4n) is 2.41. The molecule has 0 aromatic heterocycles. The normalized spacial score (nSPS) is 10.4. The molecule has 1 N–H and O–H groups in total. The Morgan fingerprint density at radius 2 is 1.48 bits per heavy atom. The van der Waals surface area contributed by atoms with E-state index in [2.05, 4.69) is 5.32 Å². The average molecular weight is 338 g/mol. The number of halogens is 2. The first-order valence-corrected chi connectivity index (χ1v) is 7.70. The summed E-state index contributed by atoms with van der Waals surface area (Å²) < 4.78 is 26.2. The zero-order valence-corrected chi connectivity index (χ0v) is 13.5. The van der Waals surface area contributed by atoms with E-state index in [1.54, 1.807) is 12.1 Å². The SMILES string of the molecule is CN(c1ccccc1)c1ccc(NC(=O)c2ccc(F)c(F)c2)cc1. The van der Waals surface area contributed by atoms with Crippen LogP contribution in [0.1, 0.15) is 10.4 Å². The summed E-state index contributed by atoms with van der Waals surface area (Å²) in [7, 11) is 1.95. The molecule has 3 rings (SSSR count). The largest absolute Gasteiger partial charge is 0.345 e. The number of anilines is 3. The molecule has 3 nitrogen and oxygen atoms in total. The average Bonchev–Trinajstić information content (AvgIpc) is 2.64. The van der Waals surface area contributed by atoms with Crippen LogP contribution in [0.3, 0.4) is 0 Å². The molecule has 5 heteroatoms. The van der Waals surface area contributed by atoms with E-state index in [4.69, 9.17) is 0 Å². The summed E-state index contributed by atoms with van der Waals surface area (Å²) in [5, 5.41) is 2.66.